The standard InChI is InChI=1S/C10H6N2O5/c13-8-5-6-3-1-2-4-7(6)9(11(14)15)10(8)12(16)17/h1-5,13H. The smallest absolute Gasteiger partial charge is 0.387 e. The number of phenolic OH excluding ortho intramolecular Hbond substituents is 1. The minimum Gasteiger partial charge on any atom is -0.502 e. The summed E-state index contributed by atoms with van der Waals surface area (Å²) in [7, 11) is 0. The lowest BCUT2D eigenvalue weighted by Crippen LogP contribution is -1.98. The Morgan fingerprint density at radius 2 is 1.59 bits per heavy atom. The molecule has 0 aliphatic heterocycles. The number of nitro groups is 2. The number of phenols is 1. The van der Waals surface area contributed by atoms with Crippen LogP contribution in [0, 0.1) is 20.2 Å². The van der Waals surface area contributed by atoms with E-state index in [1.807, 2.05) is 0 Å². The van der Waals surface area contributed by atoms with Crippen molar-refractivity contribution < 1.29 is 15.0 Å². The average molecular weight is 234 g/mol. The van der Waals surface area contributed by atoms with Crippen LogP contribution >= 0.6 is 0 Å². The maximum Gasteiger partial charge on any atom is 0.387 e. The van der Waals surface area contributed by atoms with Crippen LogP contribution in [0.15, 0.2) is 30.3 Å². The van der Waals surface area contributed by atoms with Crippen LogP contribution in [0.5, 0.6) is 5.75 Å². The summed E-state index contributed by atoms with van der Waals surface area (Å²) < 4.78 is 0. The topological polar surface area (TPSA) is 107 Å². The second-order valence-corrected chi connectivity index (χ2v) is 3.33. The van der Waals surface area contributed by atoms with Gasteiger partial charge in [0.1, 0.15) is 0 Å². The molecule has 17 heavy (non-hydrogen) atoms. The predicted molar refractivity (Wildman–Crippen MR) is 58.9 cm³/mol. The van der Waals surface area contributed by atoms with Gasteiger partial charge in [-0.2, -0.15) is 0 Å². The van der Waals surface area contributed by atoms with Gasteiger partial charge in [0, 0.05) is 0 Å². The lowest BCUT2D eigenvalue weighted by atomic mass is 10.1. The maximum absolute atomic E-state index is 10.9. The molecule has 2 aromatic carbocycles. The zero-order valence-electron chi connectivity index (χ0n) is 8.36. The van der Waals surface area contributed by atoms with Crippen LogP contribution in [0.1, 0.15) is 0 Å². The molecule has 0 saturated carbocycles. The largest absolute Gasteiger partial charge is 0.502 e. The Labute approximate surface area is 94.2 Å². The molecule has 0 fully saturated rings. The lowest BCUT2D eigenvalue weighted by Gasteiger charge is -2.02. The molecule has 0 aromatic heterocycles. The first kappa shape index (κ1) is 10.8. The third-order valence-corrected chi connectivity index (χ3v) is 2.34. The summed E-state index contributed by atoms with van der Waals surface area (Å²) in [5, 5.41) is 31.6. The van der Waals surface area contributed by atoms with E-state index in [0.29, 0.717) is 5.39 Å². The number of nitro benzene ring substituents is 2. The Morgan fingerprint density at radius 3 is 2.18 bits per heavy atom. The fourth-order valence-electron chi connectivity index (χ4n) is 1.67. The van der Waals surface area contributed by atoms with Crippen molar-refractivity contribution in [2.24, 2.45) is 0 Å². The second-order valence-electron chi connectivity index (χ2n) is 3.33. The molecule has 0 bridgehead atoms. The molecule has 0 unspecified atom stereocenters. The van der Waals surface area contributed by atoms with Crippen molar-refractivity contribution in [2.75, 3.05) is 0 Å². The van der Waals surface area contributed by atoms with Gasteiger partial charge in [-0.25, -0.2) is 0 Å². The van der Waals surface area contributed by atoms with Gasteiger partial charge in [-0.15, -0.1) is 0 Å². The van der Waals surface area contributed by atoms with Crippen molar-refractivity contribution >= 4 is 22.1 Å². The van der Waals surface area contributed by atoms with Gasteiger partial charge in [0.15, 0.2) is 0 Å². The number of nitrogens with zero attached hydrogens (tertiary/aromatic N) is 2. The van der Waals surface area contributed by atoms with Gasteiger partial charge in [-0.1, -0.05) is 18.2 Å². The van der Waals surface area contributed by atoms with Gasteiger partial charge < -0.3 is 5.11 Å². The average Bonchev–Trinajstić information content (AvgIpc) is 2.26. The van der Waals surface area contributed by atoms with Crippen molar-refractivity contribution in [3.05, 3.63) is 50.6 Å². The summed E-state index contributed by atoms with van der Waals surface area (Å²) in [5.41, 5.74) is -1.57. The summed E-state index contributed by atoms with van der Waals surface area (Å²) >= 11 is 0. The first-order valence-electron chi connectivity index (χ1n) is 4.56. The minimum atomic E-state index is -0.958. The molecule has 0 aliphatic rings. The zero-order valence-corrected chi connectivity index (χ0v) is 8.36. The Bertz CT molecular complexity index is 638. The Morgan fingerprint density at radius 1 is 1.00 bits per heavy atom. The normalized spacial score (nSPS) is 10.4. The Balaban J connectivity index is 2.99. The van der Waals surface area contributed by atoms with Crippen molar-refractivity contribution in [2.45, 2.75) is 0 Å². The number of rotatable bonds is 2. The van der Waals surface area contributed by atoms with E-state index in [4.69, 9.17) is 0 Å². The number of benzene rings is 2. The van der Waals surface area contributed by atoms with Crippen molar-refractivity contribution in [3.63, 3.8) is 0 Å². The van der Waals surface area contributed by atoms with E-state index in [2.05, 4.69) is 0 Å². The van der Waals surface area contributed by atoms with Crippen molar-refractivity contribution in [1.29, 1.82) is 0 Å². The second kappa shape index (κ2) is 3.71. The molecule has 0 atom stereocenters. The molecular weight excluding hydrogens is 228 g/mol. The highest BCUT2D eigenvalue weighted by atomic mass is 16.6. The molecule has 86 valence electrons. The summed E-state index contributed by atoms with van der Waals surface area (Å²) in [6.07, 6.45) is 0. The third kappa shape index (κ3) is 1.63. The number of aromatic hydroxyl groups is 1. The number of hydrogen-bond donors (Lipinski definition) is 1. The fourth-order valence-corrected chi connectivity index (χ4v) is 1.67. The predicted octanol–water partition coefficient (Wildman–Crippen LogP) is 2.36. The highest BCUT2D eigenvalue weighted by Crippen LogP contribution is 2.41. The molecule has 1 N–H and O–H groups in total. The molecule has 0 heterocycles. The van der Waals surface area contributed by atoms with Crippen LogP contribution in [-0.2, 0) is 0 Å². The van der Waals surface area contributed by atoms with Gasteiger partial charge in [0.05, 0.1) is 15.2 Å². The van der Waals surface area contributed by atoms with Crippen LogP contribution < -0.4 is 0 Å². The van der Waals surface area contributed by atoms with E-state index >= 15 is 0 Å². The molecule has 2 aromatic rings. The van der Waals surface area contributed by atoms with E-state index in [0.717, 1.165) is 6.07 Å². The molecule has 0 amide bonds. The molecular formula is C10H6N2O5. The van der Waals surface area contributed by atoms with Crippen molar-refractivity contribution in [1.82, 2.24) is 0 Å². The molecule has 7 heteroatoms. The quantitative estimate of drug-likeness (QED) is 0.633. The third-order valence-electron chi connectivity index (χ3n) is 2.34. The van der Waals surface area contributed by atoms with Crippen LogP contribution in [-0.4, -0.2) is 15.0 Å². The van der Waals surface area contributed by atoms with E-state index in [-0.39, 0.29) is 5.39 Å². The first-order valence-corrected chi connectivity index (χ1v) is 4.56. The highest BCUT2D eigenvalue weighted by Gasteiger charge is 2.31. The van der Waals surface area contributed by atoms with Gasteiger partial charge >= 0.3 is 11.4 Å². The van der Waals surface area contributed by atoms with Crippen LogP contribution in [0.25, 0.3) is 10.8 Å². The molecule has 0 saturated heterocycles. The lowest BCUT2D eigenvalue weighted by molar-refractivity contribution is -0.421. The zero-order chi connectivity index (χ0) is 12.6. The SMILES string of the molecule is O=[N+]([O-])c1c(O)cc2ccccc2c1[N+](=O)[O-]. The fraction of sp³-hybridized carbons (Fsp3) is 0. The van der Waals surface area contributed by atoms with E-state index in [1.165, 1.54) is 18.2 Å². The highest BCUT2D eigenvalue weighted by molar-refractivity contribution is 5.97. The molecule has 0 spiro atoms. The summed E-state index contributed by atoms with van der Waals surface area (Å²) in [4.78, 5) is 19.8. The summed E-state index contributed by atoms with van der Waals surface area (Å²) in [5.74, 6) is -0.708. The van der Waals surface area contributed by atoms with Gasteiger partial charge in [-0.05, 0) is 17.5 Å². The minimum absolute atomic E-state index is 0.127. The molecule has 2 rings (SSSR count). The molecule has 0 aliphatic carbocycles. The van der Waals surface area contributed by atoms with Gasteiger partial charge in [0.25, 0.3) is 0 Å². The van der Waals surface area contributed by atoms with Crippen LogP contribution in [0.4, 0.5) is 11.4 Å². The maximum atomic E-state index is 10.9. The molecule has 7 nitrogen and oxygen atoms in total. The number of fused-ring (bicyclic) bond motifs is 1. The monoisotopic (exact) mass is 234 g/mol. The Kier molecular flexibility index (Phi) is 2.36. The van der Waals surface area contributed by atoms with E-state index in [1.54, 1.807) is 6.07 Å². The van der Waals surface area contributed by atoms with Crippen LogP contribution in [0.2, 0.25) is 0 Å². The van der Waals surface area contributed by atoms with Gasteiger partial charge in [-0.3, -0.25) is 20.2 Å². The van der Waals surface area contributed by atoms with E-state index in [9.17, 15) is 25.3 Å². The first-order chi connectivity index (χ1) is 8.02. The van der Waals surface area contributed by atoms with Crippen molar-refractivity contribution in [3.8, 4) is 5.75 Å². The Hall–Kier alpha value is -2.70. The summed E-state index contributed by atoms with van der Waals surface area (Å²) in [6, 6.07) is 7.24. The van der Waals surface area contributed by atoms with Gasteiger partial charge in [0.2, 0.25) is 5.75 Å². The summed E-state index contributed by atoms with van der Waals surface area (Å²) in [6.45, 7) is 0. The molecule has 0 radical (unpaired) electrons. The number of hydrogen-bond acceptors (Lipinski definition) is 5. The van der Waals surface area contributed by atoms with Crippen LogP contribution in [0.3, 0.4) is 0 Å². The van der Waals surface area contributed by atoms with E-state index < -0.39 is 27.0 Å².